The number of amidine groups is 1. The number of carbonyl (C=O) groups is 1. The molecule has 0 amide bonds. The van der Waals surface area contributed by atoms with Gasteiger partial charge in [-0.25, -0.2) is 20.0 Å². The van der Waals surface area contributed by atoms with E-state index in [1.807, 2.05) is 29.7 Å². The zero-order valence-corrected chi connectivity index (χ0v) is 25.7. The van der Waals surface area contributed by atoms with Crippen molar-refractivity contribution in [1.29, 1.82) is 0 Å². The number of allylic oxidation sites excluding steroid dienone is 4. The van der Waals surface area contributed by atoms with Gasteiger partial charge in [-0.1, -0.05) is 55.5 Å². The third kappa shape index (κ3) is 6.65. The number of hydrogen-bond acceptors (Lipinski definition) is 11. The molecule has 2 aromatic heterocycles. The number of hydrogen-bond donors (Lipinski definition) is 2. The van der Waals surface area contributed by atoms with Gasteiger partial charge < -0.3 is 23.2 Å². The number of rotatable bonds is 10. The molecule has 232 valence electrons. The van der Waals surface area contributed by atoms with Crippen molar-refractivity contribution >= 4 is 17.4 Å². The number of ether oxygens (including phenoxy) is 1. The Hall–Kier alpha value is -4.58. The van der Waals surface area contributed by atoms with Crippen molar-refractivity contribution in [3.8, 4) is 0 Å². The van der Waals surface area contributed by atoms with Crippen molar-refractivity contribution in [3.05, 3.63) is 92.5 Å². The highest BCUT2D eigenvalue weighted by atomic mass is 16.6. The van der Waals surface area contributed by atoms with Crippen LogP contribution in [0.3, 0.4) is 0 Å². The number of carbonyl (C=O) groups excluding carboxylic acids is 1. The molecule has 2 aliphatic rings. The molecular formula is C32H38N6O6. The average Bonchev–Trinajstić information content (AvgIpc) is 3.37. The predicted octanol–water partition coefficient (Wildman–Crippen LogP) is 5.04. The normalized spacial score (nSPS) is 17.0. The molecule has 1 atom stereocenters. The SMILES string of the molecule is CCCc1nc(C(C)(C)O)c(C(=O)OCc2oc(=O)oc2C)n1CC1=CC=C(c2ccccc2C2=NCCN=NN2)CC1C. The summed E-state index contributed by atoms with van der Waals surface area (Å²) in [5, 5.41) is 19.1. The van der Waals surface area contributed by atoms with Gasteiger partial charge in [-0.15, -0.1) is 0 Å². The van der Waals surface area contributed by atoms with Crippen LogP contribution in [-0.2, 0) is 29.9 Å². The number of benzene rings is 1. The van der Waals surface area contributed by atoms with Gasteiger partial charge in [0, 0.05) is 18.5 Å². The second-order valence-electron chi connectivity index (χ2n) is 11.5. The number of aliphatic imine (C=N–C) groups is 1. The molecule has 12 heteroatoms. The molecule has 0 spiro atoms. The Kier molecular flexibility index (Phi) is 9.09. The van der Waals surface area contributed by atoms with Crippen LogP contribution in [0.1, 0.15) is 85.2 Å². The first-order valence-corrected chi connectivity index (χ1v) is 14.8. The van der Waals surface area contributed by atoms with Gasteiger partial charge >= 0.3 is 11.8 Å². The standard InChI is InChI=1S/C32H38N6O6/c1-6-9-26-35-28(32(4,5)41)27(30(39)42-18-25-20(3)43-31(40)44-25)38(26)17-22-13-12-21(16-19(22)2)23-10-7-8-11-24(23)29-33-14-15-34-37-36-29/h7-8,10-13,19,41H,6,9,14-18H2,1-5H3,(H,33,34,36). The zero-order chi connectivity index (χ0) is 31.4. The predicted molar refractivity (Wildman–Crippen MR) is 163 cm³/mol. The highest BCUT2D eigenvalue weighted by Crippen LogP contribution is 2.35. The summed E-state index contributed by atoms with van der Waals surface area (Å²) >= 11 is 0. The summed E-state index contributed by atoms with van der Waals surface area (Å²) in [6.45, 7) is 10.2. The van der Waals surface area contributed by atoms with Crippen molar-refractivity contribution < 1.29 is 23.5 Å². The molecule has 1 aliphatic heterocycles. The van der Waals surface area contributed by atoms with Gasteiger partial charge in [-0.05, 0) is 56.2 Å². The molecule has 0 saturated heterocycles. The van der Waals surface area contributed by atoms with Crippen LogP contribution in [0.5, 0.6) is 0 Å². The van der Waals surface area contributed by atoms with E-state index in [0.717, 1.165) is 35.1 Å². The fourth-order valence-corrected chi connectivity index (χ4v) is 5.40. The molecule has 1 aromatic carbocycles. The Balaban J connectivity index is 1.49. The summed E-state index contributed by atoms with van der Waals surface area (Å²) in [6.07, 6.45) is 6.38. The van der Waals surface area contributed by atoms with Crippen molar-refractivity contribution in [1.82, 2.24) is 15.0 Å². The number of nitrogens with zero attached hydrogens (tertiary/aromatic N) is 5. The van der Waals surface area contributed by atoms with Crippen LogP contribution in [0.4, 0.5) is 0 Å². The number of esters is 1. The van der Waals surface area contributed by atoms with E-state index in [0.29, 0.717) is 37.7 Å². The molecule has 1 unspecified atom stereocenters. The number of imidazole rings is 1. The molecule has 3 heterocycles. The first-order valence-electron chi connectivity index (χ1n) is 14.8. The van der Waals surface area contributed by atoms with Crippen LogP contribution in [-0.4, -0.2) is 39.6 Å². The van der Waals surface area contributed by atoms with E-state index in [1.165, 1.54) is 0 Å². The topological polar surface area (TPSA) is 157 Å². The third-order valence-corrected chi connectivity index (χ3v) is 7.69. The van der Waals surface area contributed by atoms with Gasteiger partial charge in [0.25, 0.3) is 0 Å². The Morgan fingerprint density at radius 1 is 1.18 bits per heavy atom. The molecule has 3 aromatic rings. The highest BCUT2D eigenvalue weighted by molar-refractivity contribution is 6.03. The van der Waals surface area contributed by atoms with Crippen molar-refractivity contribution in [2.75, 3.05) is 13.1 Å². The molecule has 5 rings (SSSR count). The van der Waals surface area contributed by atoms with Crippen molar-refractivity contribution in [2.24, 2.45) is 21.2 Å². The quantitative estimate of drug-likeness (QED) is 0.306. The number of nitrogens with one attached hydrogen (secondary N) is 1. The summed E-state index contributed by atoms with van der Waals surface area (Å²) in [6, 6.07) is 8.11. The smallest absolute Gasteiger partial charge is 0.453 e. The van der Waals surface area contributed by atoms with Crippen LogP contribution in [0.2, 0.25) is 0 Å². The molecule has 44 heavy (non-hydrogen) atoms. The zero-order valence-electron chi connectivity index (χ0n) is 25.7. The van der Waals surface area contributed by atoms with E-state index in [1.54, 1.807) is 20.8 Å². The Bertz CT molecular complexity index is 1710. The minimum Gasteiger partial charge on any atom is -0.453 e. The number of aliphatic hydroxyl groups is 1. The van der Waals surface area contributed by atoms with Crippen LogP contribution in [0.15, 0.2) is 70.9 Å². The molecule has 0 radical (unpaired) electrons. The number of aromatic nitrogens is 2. The first-order chi connectivity index (χ1) is 21.1. The Morgan fingerprint density at radius 3 is 2.64 bits per heavy atom. The molecule has 0 saturated carbocycles. The summed E-state index contributed by atoms with van der Waals surface area (Å²) < 4.78 is 17.3. The lowest BCUT2D eigenvalue weighted by molar-refractivity contribution is 0.0395. The molecule has 2 N–H and O–H groups in total. The average molecular weight is 603 g/mol. The van der Waals surface area contributed by atoms with Crippen molar-refractivity contribution in [2.45, 2.75) is 72.6 Å². The van der Waals surface area contributed by atoms with E-state index in [2.05, 4.69) is 45.9 Å². The lowest BCUT2D eigenvalue weighted by Crippen LogP contribution is -2.24. The molecule has 1 aliphatic carbocycles. The fourth-order valence-electron chi connectivity index (χ4n) is 5.40. The summed E-state index contributed by atoms with van der Waals surface area (Å²) in [5.41, 5.74) is 6.27. The maximum absolute atomic E-state index is 13.6. The van der Waals surface area contributed by atoms with Crippen LogP contribution in [0.25, 0.3) is 5.57 Å². The molecular weight excluding hydrogens is 564 g/mol. The minimum absolute atomic E-state index is 0.127. The van der Waals surface area contributed by atoms with E-state index >= 15 is 0 Å². The van der Waals surface area contributed by atoms with E-state index in [4.69, 9.17) is 18.6 Å². The van der Waals surface area contributed by atoms with Crippen LogP contribution in [0, 0.1) is 12.8 Å². The lowest BCUT2D eigenvalue weighted by atomic mass is 9.84. The molecule has 12 nitrogen and oxygen atoms in total. The van der Waals surface area contributed by atoms with E-state index in [9.17, 15) is 14.7 Å². The van der Waals surface area contributed by atoms with Gasteiger partial charge in [0.05, 0.1) is 13.1 Å². The Morgan fingerprint density at radius 2 is 1.95 bits per heavy atom. The summed E-state index contributed by atoms with van der Waals surface area (Å²) in [4.78, 5) is 34.4. The van der Waals surface area contributed by atoms with E-state index in [-0.39, 0.29) is 35.4 Å². The second kappa shape index (κ2) is 13.0. The highest BCUT2D eigenvalue weighted by Gasteiger charge is 2.33. The monoisotopic (exact) mass is 602 g/mol. The van der Waals surface area contributed by atoms with Crippen LogP contribution >= 0.6 is 0 Å². The third-order valence-electron chi connectivity index (χ3n) is 7.69. The van der Waals surface area contributed by atoms with Gasteiger partial charge in [0.1, 0.15) is 17.1 Å². The van der Waals surface area contributed by atoms with Gasteiger partial charge in [0.2, 0.25) is 0 Å². The summed E-state index contributed by atoms with van der Waals surface area (Å²) in [5.74, 6) is 0.343. The summed E-state index contributed by atoms with van der Waals surface area (Å²) in [7, 11) is 0. The first kappa shape index (κ1) is 30.9. The van der Waals surface area contributed by atoms with Crippen molar-refractivity contribution in [3.63, 3.8) is 0 Å². The maximum Gasteiger partial charge on any atom is 0.519 e. The van der Waals surface area contributed by atoms with E-state index < -0.39 is 17.4 Å². The van der Waals surface area contributed by atoms with Gasteiger partial charge in [0.15, 0.2) is 29.7 Å². The lowest BCUT2D eigenvalue weighted by Gasteiger charge is -2.25. The Labute approximate surface area is 255 Å². The maximum atomic E-state index is 13.6. The van der Waals surface area contributed by atoms with Gasteiger partial charge in [-0.2, -0.15) is 5.11 Å². The fraction of sp³-hybridized carbons (Fsp3) is 0.438. The second-order valence-corrected chi connectivity index (χ2v) is 11.5. The molecule has 0 fully saturated rings. The largest absolute Gasteiger partial charge is 0.519 e. The minimum atomic E-state index is -1.40. The molecule has 0 bridgehead atoms. The van der Waals surface area contributed by atoms with Gasteiger partial charge in [-0.3, -0.25) is 4.99 Å². The van der Waals surface area contributed by atoms with Crippen LogP contribution < -0.4 is 11.2 Å². The number of aryl methyl sites for hydroxylation is 2.